The second kappa shape index (κ2) is 16.6. The van der Waals surface area contributed by atoms with Crippen LogP contribution in [0, 0.1) is 0 Å². The molecule has 0 amide bonds. The number of nitrogens with zero attached hydrogens (tertiary/aromatic N) is 1. The molecule has 3 aromatic rings. The average molecular weight is 549 g/mol. The number of carbonyl (C=O) groups is 1. The molecule has 3 aromatic carbocycles. The topological polar surface area (TPSA) is 54.0 Å². The molecule has 0 aliphatic rings. The largest absolute Gasteiger partial charge is 0.496 e. The van der Waals surface area contributed by atoms with E-state index in [1.165, 1.54) is 0 Å². The Hall–Kier alpha value is -3.51. The second-order valence-electron chi connectivity index (χ2n) is 11.0. The molecular formula is C34H46NO5+. The van der Waals surface area contributed by atoms with Gasteiger partial charge < -0.3 is 23.4 Å². The van der Waals surface area contributed by atoms with Crippen LogP contribution in [0.3, 0.4) is 0 Å². The van der Waals surface area contributed by atoms with E-state index in [2.05, 4.69) is 12.1 Å². The van der Waals surface area contributed by atoms with Crippen LogP contribution in [0.5, 0.6) is 17.2 Å². The Labute approximate surface area is 240 Å². The van der Waals surface area contributed by atoms with Crippen molar-refractivity contribution in [1.29, 1.82) is 0 Å². The van der Waals surface area contributed by atoms with Crippen molar-refractivity contribution in [2.45, 2.75) is 57.6 Å². The number of hydrogen-bond acceptors (Lipinski definition) is 5. The maximum absolute atomic E-state index is 12.8. The van der Waals surface area contributed by atoms with E-state index in [-0.39, 0.29) is 12.0 Å². The number of hydrogen-bond donors (Lipinski definition) is 0. The molecule has 0 aliphatic heterocycles. The molecule has 0 heterocycles. The molecule has 0 radical (unpaired) electrons. The molecule has 0 fully saturated rings. The first-order valence-electron chi connectivity index (χ1n) is 14.4. The van der Waals surface area contributed by atoms with E-state index in [1.807, 2.05) is 87.9 Å². The lowest BCUT2D eigenvalue weighted by molar-refractivity contribution is -0.887. The lowest BCUT2D eigenvalue weighted by Gasteiger charge is -2.32. The predicted molar refractivity (Wildman–Crippen MR) is 160 cm³/mol. The summed E-state index contributed by atoms with van der Waals surface area (Å²) in [5.41, 5.74) is 2.17. The summed E-state index contributed by atoms with van der Waals surface area (Å²) in [7, 11) is 7.81. The molecule has 0 aromatic heterocycles. The smallest absolute Gasteiger partial charge is 0.365 e. The fraction of sp³-hybridized carbons (Fsp3) is 0.441. The van der Waals surface area contributed by atoms with Crippen molar-refractivity contribution in [3.8, 4) is 17.2 Å². The van der Waals surface area contributed by atoms with Crippen molar-refractivity contribution in [2.24, 2.45) is 0 Å². The first kappa shape index (κ1) is 31.0. The van der Waals surface area contributed by atoms with Gasteiger partial charge in [0.15, 0.2) is 6.04 Å². The minimum absolute atomic E-state index is 0.107. The third kappa shape index (κ3) is 10.9. The summed E-state index contributed by atoms with van der Waals surface area (Å²) in [6.07, 6.45) is 7.10. The number of benzene rings is 3. The minimum atomic E-state index is -0.204. The zero-order valence-corrected chi connectivity index (χ0v) is 24.6. The minimum Gasteiger partial charge on any atom is -0.496 e. The monoisotopic (exact) mass is 548 g/mol. The van der Waals surface area contributed by atoms with Crippen LogP contribution in [0.25, 0.3) is 0 Å². The van der Waals surface area contributed by atoms with Crippen LogP contribution in [0.2, 0.25) is 0 Å². The van der Waals surface area contributed by atoms with Crippen LogP contribution in [0.1, 0.15) is 49.7 Å². The van der Waals surface area contributed by atoms with Gasteiger partial charge in [-0.15, -0.1) is 0 Å². The summed E-state index contributed by atoms with van der Waals surface area (Å²) in [4.78, 5) is 12.8. The summed E-state index contributed by atoms with van der Waals surface area (Å²) in [6.45, 7) is 1.65. The molecule has 0 saturated heterocycles. The summed E-state index contributed by atoms with van der Waals surface area (Å²) in [5, 5.41) is 0. The van der Waals surface area contributed by atoms with Crippen LogP contribution in [-0.2, 0) is 22.6 Å². The molecule has 40 heavy (non-hydrogen) atoms. The van der Waals surface area contributed by atoms with Crippen LogP contribution in [-0.4, -0.2) is 58.0 Å². The molecule has 3 rings (SSSR count). The molecule has 216 valence electrons. The molecule has 6 nitrogen and oxygen atoms in total. The molecule has 6 heteroatoms. The van der Waals surface area contributed by atoms with Crippen LogP contribution < -0.4 is 14.2 Å². The van der Waals surface area contributed by atoms with E-state index < -0.39 is 0 Å². The van der Waals surface area contributed by atoms with E-state index in [0.29, 0.717) is 30.7 Å². The maximum Gasteiger partial charge on any atom is 0.365 e. The Morgan fingerprint density at radius 3 is 1.93 bits per heavy atom. The number of quaternary nitrogens is 1. The Morgan fingerprint density at radius 1 is 0.700 bits per heavy atom. The van der Waals surface area contributed by atoms with E-state index >= 15 is 0 Å². The van der Waals surface area contributed by atoms with Crippen LogP contribution in [0.15, 0.2) is 78.9 Å². The third-order valence-electron chi connectivity index (χ3n) is 6.94. The second-order valence-corrected chi connectivity index (χ2v) is 11.0. The zero-order valence-electron chi connectivity index (χ0n) is 24.6. The van der Waals surface area contributed by atoms with Crippen molar-refractivity contribution in [2.75, 3.05) is 41.5 Å². The van der Waals surface area contributed by atoms with E-state index in [4.69, 9.17) is 18.9 Å². The number of ether oxygens (including phenoxy) is 4. The Morgan fingerprint density at radius 2 is 1.27 bits per heavy atom. The highest BCUT2D eigenvalue weighted by atomic mass is 16.5. The highest BCUT2D eigenvalue weighted by molar-refractivity contribution is 5.75. The van der Waals surface area contributed by atoms with Crippen molar-refractivity contribution >= 4 is 5.97 Å². The zero-order chi connectivity index (χ0) is 28.6. The number of esters is 1. The Balaban J connectivity index is 1.22. The fourth-order valence-corrected chi connectivity index (χ4v) is 4.50. The SMILES string of the molecule is COc1ccccc1COc1ccc(OCCCCCCCCOC(=O)C(Cc2ccccc2)[N+](C)(C)C)cc1. The van der Waals surface area contributed by atoms with Crippen molar-refractivity contribution in [3.63, 3.8) is 0 Å². The predicted octanol–water partition coefficient (Wildman–Crippen LogP) is 6.85. The van der Waals surface area contributed by atoms with Gasteiger partial charge in [0.2, 0.25) is 0 Å². The van der Waals surface area contributed by atoms with Crippen molar-refractivity contribution in [3.05, 3.63) is 90.0 Å². The fourth-order valence-electron chi connectivity index (χ4n) is 4.50. The quantitative estimate of drug-likeness (QED) is 0.0988. The van der Waals surface area contributed by atoms with Gasteiger partial charge >= 0.3 is 5.97 Å². The average Bonchev–Trinajstić information content (AvgIpc) is 2.96. The number of methoxy groups -OCH3 is 1. The van der Waals surface area contributed by atoms with Gasteiger partial charge in [0, 0.05) is 12.0 Å². The molecule has 0 aliphatic carbocycles. The highest BCUT2D eigenvalue weighted by Crippen LogP contribution is 2.22. The summed E-state index contributed by atoms with van der Waals surface area (Å²) in [5.74, 6) is 2.37. The molecule has 0 N–H and O–H groups in total. The van der Waals surface area contributed by atoms with Crippen molar-refractivity contribution < 1.29 is 28.2 Å². The third-order valence-corrected chi connectivity index (χ3v) is 6.94. The highest BCUT2D eigenvalue weighted by Gasteiger charge is 2.33. The summed E-state index contributed by atoms with van der Waals surface area (Å²) < 4.78 is 23.4. The van der Waals surface area contributed by atoms with Crippen LogP contribution in [0.4, 0.5) is 0 Å². The number of likely N-dealkylation sites (N-methyl/N-ethyl adjacent to an activating group) is 1. The van der Waals surface area contributed by atoms with Gasteiger partial charge in [0.05, 0.1) is 41.5 Å². The molecule has 0 spiro atoms. The van der Waals surface area contributed by atoms with Gasteiger partial charge in [-0.2, -0.15) is 0 Å². The standard InChI is InChI=1S/C34H46NO5/c1-35(2,3)32(26-28-16-10-9-11-17-28)34(36)39-25-15-8-6-5-7-14-24-38-30-20-22-31(23-21-30)40-27-29-18-12-13-19-33(29)37-4/h9-13,16-23,32H,5-8,14-15,24-27H2,1-4H3/q+1. The van der Waals surface area contributed by atoms with E-state index in [0.717, 1.165) is 66.9 Å². The van der Waals surface area contributed by atoms with Crippen molar-refractivity contribution in [1.82, 2.24) is 0 Å². The van der Waals surface area contributed by atoms with Gasteiger partial charge in [-0.25, -0.2) is 4.79 Å². The van der Waals surface area contributed by atoms with E-state index in [9.17, 15) is 4.79 Å². The first-order valence-corrected chi connectivity index (χ1v) is 14.4. The van der Waals surface area contributed by atoms with E-state index in [1.54, 1.807) is 7.11 Å². The normalized spacial score (nSPS) is 12.0. The Bertz CT molecular complexity index is 1130. The number of unbranched alkanes of at least 4 members (excludes halogenated alkanes) is 5. The molecule has 0 bridgehead atoms. The lowest BCUT2D eigenvalue weighted by atomic mass is 10.0. The molecule has 0 saturated carbocycles. The van der Waals surface area contributed by atoms with Gasteiger partial charge in [0.1, 0.15) is 23.9 Å². The summed E-state index contributed by atoms with van der Waals surface area (Å²) >= 11 is 0. The van der Waals surface area contributed by atoms with Crippen LogP contribution >= 0.6 is 0 Å². The number of carbonyl (C=O) groups excluding carboxylic acids is 1. The Kier molecular flexibility index (Phi) is 12.8. The first-order chi connectivity index (χ1) is 19.4. The number of para-hydroxylation sites is 1. The number of rotatable bonds is 18. The van der Waals surface area contributed by atoms with Gasteiger partial charge in [-0.1, -0.05) is 74.2 Å². The molecular weight excluding hydrogens is 502 g/mol. The van der Waals surface area contributed by atoms with Gasteiger partial charge in [0.25, 0.3) is 0 Å². The van der Waals surface area contributed by atoms with Gasteiger partial charge in [-0.05, 0) is 48.7 Å². The summed E-state index contributed by atoms with van der Waals surface area (Å²) in [6, 6.07) is 25.6. The maximum atomic E-state index is 12.8. The van der Waals surface area contributed by atoms with Gasteiger partial charge in [-0.3, -0.25) is 0 Å². The molecule has 1 atom stereocenters. The molecule has 1 unspecified atom stereocenters. The lowest BCUT2D eigenvalue weighted by Crippen LogP contribution is -2.51.